The summed E-state index contributed by atoms with van der Waals surface area (Å²) in [5, 5.41) is 0. The predicted molar refractivity (Wildman–Crippen MR) is 63.5 cm³/mol. The zero-order valence-corrected chi connectivity index (χ0v) is 8.97. The van der Waals surface area contributed by atoms with E-state index in [1.165, 1.54) is 0 Å². The molecule has 3 heteroatoms. The van der Waals surface area contributed by atoms with Crippen molar-refractivity contribution in [3.8, 4) is 11.6 Å². The van der Waals surface area contributed by atoms with Crippen molar-refractivity contribution in [1.29, 1.82) is 0 Å². The van der Waals surface area contributed by atoms with E-state index in [1.54, 1.807) is 6.20 Å². The molecule has 0 aliphatic carbocycles. The van der Waals surface area contributed by atoms with Crippen LogP contribution in [0.4, 0.5) is 0 Å². The van der Waals surface area contributed by atoms with Gasteiger partial charge in [-0.05, 0) is 30.7 Å². The summed E-state index contributed by atoms with van der Waals surface area (Å²) in [6, 6.07) is 13.4. The van der Waals surface area contributed by atoms with Crippen LogP contribution >= 0.6 is 0 Å². The molecule has 2 aromatic rings. The molecular formula is C13H14N2O. The molecule has 0 aliphatic rings. The summed E-state index contributed by atoms with van der Waals surface area (Å²) in [5.41, 5.74) is 6.59. The maximum absolute atomic E-state index is 5.57. The van der Waals surface area contributed by atoms with Gasteiger partial charge in [-0.2, -0.15) is 0 Å². The third kappa shape index (κ3) is 2.81. The summed E-state index contributed by atoms with van der Waals surface area (Å²) >= 11 is 0. The molecule has 1 aromatic heterocycles. The van der Waals surface area contributed by atoms with Crippen LogP contribution in [0, 0.1) is 0 Å². The Morgan fingerprint density at radius 2 is 1.88 bits per heavy atom. The molecule has 3 nitrogen and oxygen atoms in total. The standard InChI is InChI=1S/C13H14N2O/c14-9-8-11-6-7-13(15-10-11)16-12-4-2-1-3-5-12/h1-7,10H,8-9,14H2. The van der Waals surface area contributed by atoms with Crippen molar-refractivity contribution in [2.45, 2.75) is 6.42 Å². The maximum atomic E-state index is 5.57. The van der Waals surface area contributed by atoms with E-state index in [4.69, 9.17) is 10.5 Å². The van der Waals surface area contributed by atoms with Crippen molar-refractivity contribution in [1.82, 2.24) is 4.98 Å². The maximum Gasteiger partial charge on any atom is 0.219 e. The Hall–Kier alpha value is -1.87. The van der Waals surface area contributed by atoms with Crippen molar-refractivity contribution in [2.24, 2.45) is 5.73 Å². The molecular weight excluding hydrogens is 200 g/mol. The number of rotatable bonds is 4. The van der Waals surface area contributed by atoms with Crippen molar-refractivity contribution < 1.29 is 4.74 Å². The molecule has 16 heavy (non-hydrogen) atoms. The second-order valence-corrected chi connectivity index (χ2v) is 3.46. The van der Waals surface area contributed by atoms with Crippen LogP contribution in [0.5, 0.6) is 11.6 Å². The Morgan fingerprint density at radius 1 is 1.06 bits per heavy atom. The Balaban J connectivity index is 2.05. The van der Waals surface area contributed by atoms with E-state index in [1.807, 2.05) is 42.5 Å². The quantitative estimate of drug-likeness (QED) is 0.850. The minimum Gasteiger partial charge on any atom is -0.439 e. The lowest BCUT2D eigenvalue weighted by Crippen LogP contribution is -2.02. The van der Waals surface area contributed by atoms with Crippen LogP contribution in [0.1, 0.15) is 5.56 Å². The van der Waals surface area contributed by atoms with Gasteiger partial charge >= 0.3 is 0 Å². The molecule has 1 aromatic carbocycles. The number of hydrogen-bond acceptors (Lipinski definition) is 3. The van der Waals surface area contributed by atoms with Gasteiger partial charge in [-0.15, -0.1) is 0 Å². The Labute approximate surface area is 94.9 Å². The van der Waals surface area contributed by atoms with Gasteiger partial charge in [0, 0.05) is 12.3 Å². The van der Waals surface area contributed by atoms with Crippen molar-refractivity contribution in [3.63, 3.8) is 0 Å². The Morgan fingerprint density at radius 3 is 2.50 bits per heavy atom. The lowest BCUT2D eigenvalue weighted by molar-refractivity contribution is 0.462. The van der Waals surface area contributed by atoms with E-state index < -0.39 is 0 Å². The normalized spacial score (nSPS) is 10.1. The second kappa shape index (κ2) is 5.28. The number of ether oxygens (including phenoxy) is 1. The summed E-state index contributed by atoms with van der Waals surface area (Å²) in [5.74, 6) is 1.40. The predicted octanol–water partition coefficient (Wildman–Crippen LogP) is 2.38. The fourth-order valence-electron chi connectivity index (χ4n) is 1.40. The molecule has 2 rings (SSSR count). The molecule has 1 heterocycles. The average Bonchev–Trinajstić information content (AvgIpc) is 2.33. The van der Waals surface area contributed by atoms with Crippen LogP contribution in [0.15, 0.2) is 48.7 Å². The number of pyridine rings is 1. The van der Waals surface area contributed by atoms with Crippen LogP contribution in [0.25, 0.3) is 0 Å². The molecule has 0 spiro atoms. The number of nitrogens with two attached hydrogens (primary N) is 1. The number of para-hydroxylation sites is 1. The molecule has 2 N–H and O–H groups in total. The molecule has 0 atom stereocenters. The van der Waals surface area contributed by atoms with E-state index in [-0.39, 0.29) is 0 Å². The number of hydrogen-bond donors (Lipinski definition) is 1. The minimum absolute atomic E-state index is 0.604. The topological polar surface area (TPSA) is 48.1 Å². The number of aromatic nitrogens is 1. The van der Waals surface area contributed by atoms with Gasteiger partial charge in [0.15, 0.2) is 0 Å². The van der Waals surface area contributed by atoms with Crippen molar-refractivity contribution in [3.05, 3.63) is 54.2 Å². The van der Waals surface area contributed by atoms with Crippen molar-refractivity contribution >= 4 is 0 Å². The molecule has 0 radical (unpaired) electrons. The van der Waals surface area contributed by atoms with Gasteiger partial charge < -0.3 is 10.5 Å². The SMILES string of the molecule is NCCc1ccc(Oc2ccccc2)nc1. The summed E-state index contributed by atoms with van der Waals surface area (Å²) in [7, 11) is 0. The van der Waals surface area contributed by atoms with Gasteiger partial charge in [-0.3, -0.25) is 0 Å². The van der Waals surface area contributed by atoms with Crippen LogP contribution in [-0.2, 0) is 6.42 Å². The van der Waals surface area contributed by atoms with E-state index >= 15 is 0 Å². The van der Waals surface area contributed by atoms with Gasteiger partial charge in [-0.25, -0.2) is 4.98 Å². The summed E-state index contributed by atoms with van der Waals surface area (Å²) in [6.07, 6.45) is 2.64. The van der Waals surface area contributed by atoms with E-state index in [9.17, 15) is 0 Å². The fourth-order valence-corrected chi connectivity index (χ4v) is 1.40. The molecule has 0 saturated carbocycles. The molecule has 0 bridgehead atoms. The van der Waals surface area contributed by atoms with Crippen LogP contribution in [0.2, 0.25) is 0 Å². The first-order valence-electron chi connectivity index (χ1n) is 5.26. The zero-order chi connectivity index (χ0) is 11.2. The van der Waals surface area contributed by atoms with Gasteiger partial charge in [0.05, 0.1) is 0 Å². The summed E-state index contributed by atoms with van der Waals surface area (Å²) in [4.78, 5) is 4.21. The summed E-state index contributed by atoms with van der Waals surface area (Å²) in [6.45, 7) is 0.639. The van der Waals surface area contributed by atoms with Crippen molar-refractivity contribution in [2.75, 3.05) is 6.54 Å². The number of nitrogens with zero attached hydrogens (tertiary/aromatic N) is 1. The first kappa shape index (κ1) is 10.6. The number of benzene rings is 1. The van der Waals surface area contributed by atoms with Gasteiger partial charge in [-0.1, -0.05) is 24.3 Å². The monoisotopic (exact) mass is 214 g/mol. The third-order valence-electron chi connectivity index (χ3n) is 2.20. The van der Waals surface area contributed by atoms with Crippen LogP contribution in [-0.4, -0.2) is 11.5 Å². The molecule has 0 unspecified atom stereocenters. The Kier molecular flexibility index (Phi) is 3.51. The molecule has 0 saturated heterocycles. The lowest BCUT2D eigenvalue weighted by atomic mass is 10.2. The molecule has 82 valence electrons. The van der Waals surface area contributed by atoms with Gasteiger partial charge in [0.1, 0.15) is 5.75 Å². The van der Waals surface area contributed by atoms with E-state index in [0.717, 1.165) is 17.7 Å². The fraction of sp³-hybridized carbons (Fsp3) is 0.154. The second-order valence-electron chi connectivity index (χ2n) is 3.46. The highest BCUT2D eigenvalue weighted by Crippen LogP contribution is 2.18. The Bertz CT molecular complexity index is 425. The first-order chi connectivity index (χ1) is 7.88. The minimum atomic E-state index is 0.604. The largest absolute Gasteiger partial charge is 0.439 e. The highest BCUT2D eigenvalue weighted by Gasteiger charge is 1.98. The van der Waals surface area contributed by atoms with Gasteiger partial charge in [0.2, 0.25) is 5.88 Å². The molecule has 0 amide bonds. The molecule has 0 fully saturated rings. The lowest BCUT2D eigenvalue weighted by Gasteiger charge is -2.04. The zero-order valence-electron chi connectivity index (χ0n) is 8.97. The van der Waals surface area contributed by atoms with E-state index in [0.29, 0.717) is 12.4 Å². The summed E-state index contributed by atoms with van der Waals surface area (Å²) < 4.78 is 5.57. The third-order valence-corrected chi connectivity index (χ3v) is 2.20. The van der Waals surface area contributed by atoms with E-state index in [2.05, 4.69) is 4.98 Å². The first-order valence-corrected chi connectivity index (χ1v) is 5.26. The van der Waals surface area contributed by atoms with Gasteiger partial charge in [0.25, 0.3) is 0 Å². The highest BCUT2D eigenvalue weighted by molar-refractivity contribution is 5.27. The molecule has 0 aliphatic heterocycles. The highest BCUT2D eigenvalue weighted by atomic mass is 16.5. The van der Waals surface area contributed by atoms with Crippen LogP contribution < -0.4 is 10.5 Å². The average molecular weight is 214 g/mol. The smallest absolute Gasteiger partial charge is 0.219 e. The van der Waals surface area contributed by atoms with Crippen LogP contribution in [0.3, 0.4) is 0 Å².